The van der Waals surface area contributed by atoms with Gasteiger partial charge in [-0.15, -0.1) is 0 Å². The molecule has 0 unspecified atom stereocenters. The lowest BCUT2D eigenvalue weighted by molar-refractivity contribution is 0.607. The quantitative estimate of drug-likeness (QED) is 0.939. The Kier molecular flexibility index (Phi) is 2.92. The molecule has 1 saturated carbocycles. The highest BCUT2D eigenvalue weighted by Gasteiger charge is 2.20. The number of hydrogen-bond donors (Lipinski definition) is 1. The maximum Gasteiger partial charge on any atom is 0.123 e. The lowest BCUT2D eigenvalue weighted by atomic mass is 10.3. The zero-order valence-electron chi connectivity index (χ0n) is 9.91. The molecule has 1 aromatic heterocycles. The van der Waals surface area contributed by atoms with Crippen LogP contribution in [0, 0.1) is 5.92 Å². The molecule has 1 aliphatic carbocycles. The van der Waals surface area contributed by atoms with E-state index in [9.17, 15) is 0 Å². The molecule has 0 atom stereocenters. The summed E-state index contributed by atoms with van der Waals surface area (Å²) in [6.07, 6.45) is 2.78. The molecule has 1 N–H and O–H groups in total. The van der Waals surface area contributed by atoms with E-state index in [0.717, 1.165) is 34.8 Å². The second kappa shape index (κ2) is 4.42. The first kappa shape index (κ1) is 11.2. The largest absolute Gasteiger partial charge is 0.330 e. The van der Waals surface area contributed by atoms with Gasteiger partial charge in [-0.1, -0.05) is 15.9 Å². The fourth-order valence-electron chi connectivity index (χ4n) is 2.09. The molecule has 1 aliphatic rings. The Bertz CT molecular complexity index is 543. The first-order chi connectivity index (χ1) is 8.24. The molecular formula is C13H16BrN3. The molecule has 0 aliphatic heterocycles. The number of nitrogens with zero attached hydrogens (tertiary/aromatic N) is 2. The van der Waals surface area contributed by atoms with Gasteiger partial charge in [-0.3, -0.25) is 0 Å². The minimum atomic E-state index is 0.860. The second-order valence-corrected chi connectivity index (χ2v) is 5.71. The van der Waals surface area contributed by atoms with Crippen LogP contribution in [0.2, 0.25) is 0 Å². The van der Waals surface area contributed by atoms with Gasteiger partial charge in [-0.25, -0.2) is 4.98 Å². The Balaban J connectivity index is 1.80. The first-order valence-electron chi connectivity index (χ1n) is 6.05. The molecule has 1 aromatic carbocycles. The van der Waals surface area contributed by atoms with Crippen LogP contribution in [-0.4, -0.2) is 16.1 Å². The van der Waals surface area contributed by atoms with Gasteiger partial charge in [-0.2, -0.15) is 0 Å². The Morgan fingerprint density at radius 1 is 1.47 bits per heavy atom. The van der Waals surface area contributed by atoms with Crippen LogP contribution in [0.15, 0.2) is 22.7 Å². The Morgan fingerprint density at radius 3 is 3.06 bits per heavy atom. The van der Waals surface area contributed by atoms with Crippen molar-refractivity contribution in [1.29, 1.82) is 0 Å². The van der Waals surface area contributed by atoms with Gasteiger partial charge in [0.25, 0.3) is 0 Å². The topological polar surface area (TPSA) is 29.9 Å². The van der Waals surface area contributed by atoms with Gasteiger partial charge in [-0.05, 0) is 43.5 Å². The molecule has 17 heavy (non-hydrogen) atoms. The molecule has 0 saturated heterocycles. The number of rotatable bonds is 4. The number of benzene rings is 1. The summed E-state index contributed by atoms with van der Waals surface area (Å²) in [5, 5.41) is 3.48. The van der Waals surface area contributed by atoms with Crippen LogP contribution < -0.4 is 5.32 Å². The Labute approximate surface area is 109 Å². The minimum Gasteiger partial charge on any atom is -0.330 e. The minimum absolute atomic E-state index is 0.860. The molecule has 0 amide bonds. The van der Waals surface area contributed by atoms with E-state index in [4.69, 9.17) is 0 Å². The maximum atomic E-state index is 4.66. The molecule has 3 nitrogen and oxygen atoms in total. The molecule has 0 radical (unpaired) electrons. The van der Waals surface area contributed by atoms with Crippen LogP contribution in [0.1, 0.15) is 18.7 Å². The van der Waals surface area contributed by atoms with Crippen LogP contribution in [0.4, 0.5) is 0 Å². The highest BCUT2D eigenvalue weighted by molar-refractivity contribution is 9.10. The summed E-state index contributed by atoms with van der Waals surface area (Å²) in [5.74, 6) is 2.03. The third kappa shape index (κ3) is 2.38. The smallest absolute Gasteiger partial charge is 0.123 e. The van der Waals surface area contributed by atoms with E-state index in [2.05, 4.69) is 56.0 Å². The molecule has 0 spiro atoms. The van der Waals surface area contributed by atoms with Gasteiger partial charge < -0.3 is 9.88 Å². The van der Waals surface area contributed by atoms with Crippen molar-refractivity contribution in [1.82, 2.24) is 14.9 Å². The molecule has 0 bridgehead atoms. The average Bonchev–Trinajstić information content (AvgIpc) is 3.06. The summed E-state index contributed by atoms with van der Waals surface area (Å²) in [6.45, 7) is 1.99. The van der Waals surface area contributed by atoms with Gasteiger partial charge >= 0.3 is 0 Å². The fraction of sp³-hybridized carbons (Fsp3) is 0.462. The number of hydrogen-bond acceptors (Lipinski definition) is 2. The maximum absolute atomic E-state index is 4.66. The summed E-state index contributed by atoms with van der Waals surface area (Å²) >= 11 is 3.48. The zero-order chi connectivity index (χ0) is 11.8. The monoisotopic (exact) mass is 293 g/mol. The van der Waals surface area contributed by atoms with Crippen molar-refractivity contribution < 1.29 is 0 Å². The van der Waals surface area contributed by atoms with E-state index in [1.54, 1.807) is 0 Å². The van der Waals surface area contributed by atoms with E-state index in [0.29, 0.717) is 0 Å². The highest BCUT2D eigenvalue weighted by Crippen LogP contribution is 2.27. The standard InChI is InChI=1S/C13H16BrN3/c1-17-12-5-4-10(14)6-11(12)16-13(17)8-15-7-9-2-3-9/h4-6,9,15H,2-3,7-8H2,1H3. The molecule has 3 rings (SSSR count). The SMILES string of the molecule is Cn1c(CNCC2CC2)nc2cc(Br)ccc21. The van der Waals surface area contributed by atoms with Gasteiger partial charge in [0, 0.05) is 11.5 Å². The van der Waals surface area contributed by atoms with E-state index >= 15 is 0 Å². The third-order valence-electron chi connectivity index (χ3n) is 3.35. The van der Waals surface area contributed by atoms with Crippen molar-refractivity contribution in [3.63, 3.8) is 0 Å². The number of halogens is 1. The van der Waals surface area contributed by atoms with E-state index in [-0.39, 0.29) is 0 Å². The normalized spacial score (nSPS) is 15.6. The lowest BCUT2D eigenvalue weighted by Gasteiger charge is -2.03. The van der Waals surface area contributed by atoms with Crippen molar-refractivity contribution in [3.8, 4) is 0 Å². The molecule has 2 aromatic rings. The Hall–Kier alpha value is -0.870. The predicted molar refractivity (Wildman–Crippen MR) is 72.8 cm³/mol. The summed E-state index contributed by atoms with van der Waals surface area (Å²) in [5.41, 5.74) is 2.25. The predicted octanol–water partition coefficient (Wildman–Crippen LogP) is 2.84. The van der Waals surface area contributed by atoms with Gasteiger partial charge in [0.1, 0.15) is 5.82 Å². The van der Waals surface area contributed by atoms with Gasteiger partial charge in [0.05, 0.1) is 17.6 Å². The van der Waals surface area contributed by atoms with Crippen LogP contribution in [0.25, 0.3) is 11.0 Å². The van der Waals surface area contributed by atoms with Crippen molar-refractivity contribution in [3.05, 3.63) is 28.5 Å². The van der Waals surface area contributed by atoms with Crippen LogP contribution in [-0.2, 0) is 13.6 Å². The number of imidazole rings is 1. The van der Waals surface area contributed by atoms with Gasteiger partial charge in [0.15, 0.2) is 0 Å². The van der Waals surface area contributed by atoms with E-state index < -0.39 is 0 Å². The van der Waals surface area contributed by atoms with E-state index in [1.165, 1.54) is 18.4 Å². The average molecular weight is 294 g/mol. The molecule has 4 heteroatoms. The Morgan fingerprint density at radius 2 is 2.29 bits per heavy atom. The highest BCUT2D eigenvalue weighted by atomic mass is 79.9. The fourth-order valence-corrected chi connectivity index (χ4v) is 2.44. The number of aryl methyl sites for hydroxylation is 1. The van der Waals surface area contributed by atoms with Crippen LogP contribution >= 0.6 is 15.9 Å². The van der Waals surface area contributed by atoms with Gasteiger partial charge in [0.2, 0.25) is 0 Å². The van der Waals surface area contributed by atoms with Crippen molar-refractivity contribution in [2.75, 3.05) is 6.54 Å². The number of aromatic nitrogens is 2. The zero-order valence-corrected chi connectivity index (χ0v) is 11.5. The molecule has 1 fully saturated rings. The summed E-state index contributed by atoms with van der Waals surface area (Å²) < 4.78 is 3.25. The summed E-state index contributed by atoms with van der Waals surface area (Å²) in [7, 11) is 2.08. The van der Waals surface area contributed by atoms with Crippen molar-refractivity contribution in [2.45, 2.75) is 19.4 Å². The van der Waals surface area contributed by atoms with Crippen LogP contribution in [0.5, 0.6) is 0 Å². The first-order valence-corrected chi connectivity index (χ1v) is 6.85. The number of fused-ring (bicyclic) bond motifs is 1. The lowest BCUT2D eigenvalue weighted by Crippen LogP contribution is -2.18. The van der Waals surface area contributed by atoms with Crippen molar-refractivity contribution >= 4 is 27.0 Å². The number of nitrogens with one attached hydrogen (secondary N) is 1. The second-order valence-electron chi connectivity index (χ2n) is 4.79. The van der Waals surface area contributed by atoms with E-state index in [1.807, 2.05) is 0 Å². The molecule has 90 valence electrons. The van der Waals surface area contributed by atoms with Crippen LogP contribution in [0.3, 0.4) is 0 Å². The molecular weight excluding hydrogens is 278 g/mol. The molecule has 1 heterocycles. The summed E-state index contributed by atoms with van der Waals surface area (Å²) in [6, 6.07) is 6.24. The third-order valence-corrected chi connectivity index (χ3v) is 3.84. The van der Waals surface area contributed by atoms with Crippen molar-refractivity contribution in [2.24, 2.45) is 13.0 Å². The summed E-state index contributed by atoms with van der Waals surface area (Å²) in [4.78, 5) is 4.66.